The molecule has 0 spiro atoms. The van der Waals surface area contributed by atoms with Gasteiger partial charge in [0.2, 0.25) is 0 Å². The van der Waals surface area contributed by atoms with Crippen molar-refractivity contribution >= 4 is 6.21 Å². The summed E-state index contributed by atoms with van der Waals surface area (Å²) in [5, 5.41) is 6.84. The zero-order valence-electron chi connectivity index (χ0n) is 5.36. The molecule has 0 heterocycles. The Bertz CT molecular complexity index is 117. The van der Waals surface area contributed by atoms with Crippen molar-refractivity contribution in [2.45, 2.75) is 13.8 Å². The Kier molecular flexibility index (Phi) is 2.85. The molecule has 0 atom stereocenters. The molecule has 0 radical (unpaired) electrons. The third-order valence-corrected chi connectivity index (χ3v) is 0.953. The molecule has 0 aliphatic heterocycles. The molecule has 8 heavy (non-hydrogen) atoms. The maximum Gasteiger partial charge on any atom is 0.0249 e. The van der Waals surface area contributed by atoms with Crippen LogP contribution in [-0.2, 0) is 0 Å². The molecule has 0 bridgehead atoms. The molecule has 0 amide bonds. The lowest BCUT2D eigenvalue weighted by Gasteiger charge is -1.91. The van der Waals surface area contributed by atoms with Gasteiger partial charge >= 0.3 is 0 Å². The number of nitrogens with one attached hydrogen (secondary N) is 1. The van der Waals surface area contributed by atoms with E-state index in [-0.39, 0.29) is 0 Å². The molecule has 0 aromatic carbocycles. The van der Waals surface area contributed by atoms with Gasteiger partial charge in [-0.2, -0.15) is 0 Å². The second kappa shape index (κ2) is 3.19. The van der Waals surface area contributed by atoms with Crippen LogP contribution in [0.5, 0.6) is 0 Å². The van der Waals surface area contributed by atoms with Crippen LogP contribution in [0.15, 0.2) is 23.8 Å². The Morgan fingerprint density at radius 1 is 1.50 bits per heavy atom. The van der Waals surface area contributed by atoms with Gasteiger partial charge in [0, 0.05) is 6.21 Å². The zero-order chi connectivity index (χ0) is 6.57. The van der Waals surface area contributed by atoms with Crippen LogP contribution >= 0.6 is 0 Å². The highest BCUT2D eigenvalue weighted by molar-refractivity contribution is 5.80. The normalized spacial score (nSPS) is 7.75. The fourth-order valence-electron chi connectivity index (χ4n) is 0.407. The lowest BCUT2D eigenvalue weighted by molar-refractivity contribution is 1.36. The molecular weight excluding hydrogens is 98.1 g/mol. The largest absolute Gasteiger partial charge is 0.308 e. The van der Waals surface area contributed by atoms with Crippen molar-refractivity contribution in [3.63, 3.8) is 0 Å². The summed E-state index contributed by atoms with van der Waals surface area (Å²) in [7, 11) is 0. The van der Waals surface area contributed by atoms with Crippen LogP contribution in [0, 0.1) is 5.41 Å². The van der Waals surface area contributed by atoms with E-state index in [1.165, 1.54) is 6.21 Å². The Labute approximate surface area is 50.2 Å². The molecule has 0 aliphatic rings. The standard InChI is InChI=1S/C7H11N/c1-4-7(5-8)6(2)3/h4-5,8H,1H2,2-3H3. The first-order valence-corrected chi connectivity index (χ1v) is 2.52. The molecule has 0 aliphatic carbocycles. The molecule has 0 saturated heterocycles. The monoisotopic (exact) mass is 109 g/mol. The van der Waals surface area contributed by atoms with Gasteiger partial charge in [0.25, 0.3) is 0 Å². The molecule has 44 valence electrons. The van der Waals surface area contributed by atoms with E-state index >= 15 is 0 Å². The van der Waals surface area contributed by atoms with Crippen molar-refractivity contribution in [2.75, 3.05) is 0 Å². The van der Waals surface area contributed by atoms with E-state index in [2.05, 4.69) is 6.58 Å². The van der Waals surface area contributed by atoms with Crippen LogP contribution in [-0.4, -0.2) is 6.21 Å². The minimum atomic E-state index is 0.907. The van der Waals surface area contributed by atoms with Crippen LogP contribution in [0.3, 0.4) is 0 Å². The number of hydrogen-bond donors (Lipinski definition) is 1. The highest BCUT2D eigenvalue weighted by atomic mass is 14.3. The number of rotatable bonds is 2. The fourth-order valence-corrected chi connectivity index (χ4v) is 0.407. The lowest BCUT2D eigenvalue weighted by Crippen LogP contribution is -1.79. The second-order valence-electron chi connectivity index (χ2n) is 1.80. The Hall–Kier alpha value is -0.850. The van der Waals surface area contributed by atoms with Crippen molar-refractivity contribution in [3.05, 3.63) is 23.8 Å². The average molecular weight is 109 g/mol. The first-order chi connectivity index (χ1) is 3.72. The van der Waals surface area contributed by atoms with E-state index in [1.54, 1.807) is 6.08 Å². The summed E-state index contributed by atoms with van der Waals surface area (Å²) in [6.07, 6.45) is 2.99. The van der Waals surface area contributed by atoms with E-state index in [1.807, 2.05) is 13.8 Å². The SMILES string of the molecule is C=CC(C=N)=C(C)C. The average Bonchev–Trinajstić information content (AvgIpc) is 1.69. The van der Waals surface area contributed by atoms with Gasteiger partial charge in [-0.1, -0.05) is 18.2 Å². The van der Waals surface area contributed by atoms with Gasteiger partial charge in [-0.15, -0.1) is 0 Å². The summed E-state index contributed by atoms with van der Waals surface area (Å²) in [4.78, 5) is 0. The molecule has 1 heteroatoms. The first kappa shape index (κ1) is 7.15. The fraction of sp³-hybridized carbons (Fsp3) is 0.286. The quantitative estimate of drug-likeness (QED) is 0.415. The molecule has 0 rings (SSSR count). The van der Waals surface area contributed by atoms with Crippen LogP contribution < -0.4 is 0 Å². The highest BCUT2D eigenvalue weighted by Crippen LogP contribution is 1.98. The lowest BCUT2D eigenvalue weighted by atomic mass is 10.2. The molecule has 0 aromatic heterocycles. The Morgan fingerprint density at radius 2 is 2.00 bits per heavy atom. The summed E-state index contributed by atoms with van der Waals surface area (Å²) >= 11 is 0. The van der Waals surface area contributed by atoms with Crippen molar-refractivity contribution in [1.29, 1.82) is 5.41 Å². The third kappa shape index (κ3) is 1.73. The van der Waals surface area contributed by atoms with Gasteiger partial charge in [0.15, 0.2) is 0 Å². The highest BCUT2D eigenvalue weighted by Gasteiger charge is 1.84. The van der Waals surface area contributed by atoms with Crippen molar-refractivity contribution < 1.29 is 0 Å². The second-order valence-corrected chi connectivity index (χ2v) is 1.80. The summed E-state index contributed by atoms with van der Waals surface area (Å²) in [5.74, 6) is 0. The predicted molar refractivity (Wildman–Crippen MR) is 37.4 cm³/mol. The topological polar surface area (TPSA) is 23.9 Å². The van der Waals surface area contributed by atoms with Gasteiger partial charge in [-0.25, -0.2) is 0 Å². The molecule has 0 unspecified atom stereocenters. The maximum absolute atomic E-state index is 6.84. The van der Waals surface area contributed by atoms with E-state index in [9.17, 15) is 0 Å². The van der Waals surface area contributed by atoms with Gasteiger partial charge in [-0.05, 0) is 19.4 Å². The number of allylic oxidation sites excluding steroid dienone is 3. The smallest absolute Gasteiger partial charge is 0.0249 e. The molecule has 1 nitrogen and oxygen atoms in total. The van der Waals surface area contributed by atoms with Crippen LogP contribution in [0.2, 0.25) is 0 Å². The third-order valence-electron chi connectivity index (χ3n) is 0.953. The van der Waals surface area contributed by atoms with Crippen LogP contribution in [0.4, 0.5) is 0 Å². The summed E-state index contributed by atoms with van der Waals surface area (Å²) in [6, 6.07) is 0. The van der Waals surface area contributed by atoms with Gasteiger partial charge in [-0.3, -0.25) is 0 Å². The molecule has 1 N–H and O–H groups in total. The minimum Gasteiger partial charge on any atom is -0.308 e. The van der Waals surface area contributed by atoms with Crippen LogP contribution in [0.1, 0.15) is 13.8 Å². The summed E-state index contributed by atoms with van der Waals surface area (Å²) < 4.78 is 0. The van der Waals surface area contributed by atoms with E-state index in [0.29, 0.717) is 0 Å². The molecule has 0 saturated carbocycles. The van der Waals surface area contributed by atoms with Gasteiger partial charge in [0.05, 0.1) is 0 Å². The zero-order valence-corrected chi connectivity index (χ0v) is 5.36. The molecule has 0 fully saturated rings. The number of hydrogen-bond acceptors (Lipinski definition) is 1. The van der Waals surface area contributed by atoms with Crippen molar-refractivity contribution in [2.24, 2.45) is 0 Å². The predicted octanol–water partition coefficient (Wildman–Crippen LogP) is 2.16. The summed E-state index contributed by atoms with van der Waals surface area (Å²) in [5.41, 5.74) is 2.04. The summed E-state index contributed by atoms with van der Waals surface area (Å²) in [6.45, 7) is 7.46. The van der Waals surface area contributed by atoms with Crippen molar-refractivity contribution in [3.8, 4) is 0 Å². The molecule has 0 aromatic rings. The van der Waals surface area contributed by atoms with E-state index < -0.39 is 0 Å². The maximum atomic E-state index is 6.84. The Morgan fingerprint density at radius 3 is 2.00 bits per heavy atom. The van der Waals surface area contributed by atoms with Gasteiger partial charge < -0.3 is 5.41 Å². The van der Waals surface area contributed by atoms with Crippen LogP contribution in [0.25, 0.3) is 0 Å². The van der Waals surface area contributed by atoms with Crippen molar-refractivity contribution in [1.82, 2.24) is 0 Å². The van der Waals surface area contributed by atoms with E-state index in [4.69, 9.17) is 5.41 Å². The molecular formula is C7H11N. The first-order valence-electron chi connectivity index (χ1n) is 2.52. The van der Waals surface area contributed by atoms with Gasteiger partial charge in [0.1, 0.15) is 0 Å². The minimum absolute atomic E-state index is 0.907. The van der Waals surface area contributed by atoms with E-state index in [0.717, 1.165) is 11.1 Å². The Balaban J connectivity index is 4.30.